The Balaban J connectivity index is 3.33. The van der Waals surface area contributed by atoms with Crippen molar-refractivity contribution in [3.8, 4) is 12.3 Å². The maximum absolute atomic E-state index is 12.9. The van der Waals surface area contributed by atoms with Crippen LogP contribution in [0.15, 0.2) is 12.1 Å². The number of halogens is 2. The van der Waals surface area contributed by atoms with E-state index in [9.17, 15) is 9.18 Å². The minimum Gasteiger partial charge on any atom is -0.279 e. The number of hydrogen-bond donors (Lipinski definition) is 0. The van der Waals surface area contributed by atoms with Gasteiger partial charge in [0, 0.05) is 5.56 Å². The predicted molar refractivity (Wildman–Crippen MR) is 49.3 cm³/mol. The third-order valence-corrected chi connectivity index (χ3v) is 1.94. The molecule has 13 heavy (non-hydrogen) atoms. The first-order valence-electron chi connectivity index (χ1n) is 3.53. The highest BCUT2D eigenvalue weighted by Gasteiger charge is 2.10. The molecule has 1 aromatic carbocycles. The molecule has 0 fully saturated rings. The lowest BCUT2D eigenvalue weighted by Gasteiger charge is -2.01. The van der Waals surface area contributed by atoms with Gasteiger partial charge in [-0.3, -0.25) is 4.79 Å². The number of terminal acetylenes is 1. The monoisotopic (exact) mass is 196 g/mol. The fourth-order valence-electron chi connectivity index (χ4n) is 0.909. The van der Waals surface area contributed by atoms with Crippen LogP contribution in [0.25, 0.3) is 0 Å². The topological polar surface area (TPSA) is 17.1 Å². The average Bonchev–Trinajstić information content (AvgIpc) is 2.10. The molecule has 66 valence electrons. The highest BCUT2D eigenvalue weighted by molar-refractivity contribution is 6.35. The number of hydrogen-bond acceptors (Lipinski definition) is 1. The Hall–Kier alpha value is -1.33. The average molecular weight is 197 g/mol. The first-order chi connectivity index (χ1) is 6.06. The van der Waals surface area contributed by atoms with Gasteiger partial charge in [0.15, 0.2) is 0 Å². The number of carbonyl (C=O) groups is 1. The highest BCUT2D eigenvalue weighted by atomic mass is 35.5. The molecule has 3 heteroatoms. The van der Waals surface area contributed by atoms with Gasteiger partial charge in [0.25, 0.3) is 0 Å². The Morgan fingerprint density at radius 2 is 2.23 bits per heavy atom. The molecule has 0 aliphatic rings. The van der Waals surface area contributed by atoms with Crippen molar-refractivity contribution < 1.29 is 9.18 Å². The summed E-state index contributed by atoms with van der Waals surface area (Å²) in [6.07, 6.45) is 4.91. The smallest absolute Gasteiger partial charge is 0.237 e. The van der Waals surface area contributed by atoms with E-state index in [4.69, 9.17) is 18.0 Å². The molecule has 1 rings (SSSR count). The lowest BCUT2D eigenvalue weighted by molar-refractivity contribution is 0.105. The van der Waals surface area contributed by atoms with E-state index in [1.807, 2.05) is 5.92 Å². The summed E-state index contributed by atoms with van der Waals surface area (Å²) in [5.41, 5.74) is 0.520. The summed E-state index contributed by atoms with van der Waals surface area (Å²) < 4.78 is 12.9. The summed E-state index contributed by atoms with van der Waals surface area (Å²) in [4.78, 5) is 11.1. The van der Waals surface area contributed by atoms with Crippen molar-refractivity contribution in [2.24, 2.45) is 0 Å². The van der Waals surface area contributed by atoms with E-state index in [2.05, 4.69) is 0 Å². The zero-order valence-electron chi connectivity index (χ0n) is 6.90. The number of ketones is 1. The van der Waals surface area contributed by atoms with Gasteiger partial charge in [-0.05, 0) is 30.5 Å². The van der Waals surface area contributed by atoms with Crippen LogP contribution in [0.1, 0.15) is 15.9 Å². The largest absolute Gasteiger partial charge is 0.279 e. The summed E-state index contributed by atoms with van der Waals surface area (Å²) in [5, 5.41) is 0.0473. The minimum atomic E-state index is -0.534. The van der Waals surface area contributed by atoms with Gasteiger partial charge in [-0.1, -0.05) is 11.6 Å². The second-order valence-corrected chi connectivity index (χ2v) is 2.96. The van der Waals surface area contributed by atoms with Gasteiger partial charge < -0.3 is 0 Å². The molecule has 0 N–H and O–H groups in total. The van der Waals surface area contributed by atoms with Gasteiger partial charge >= 0.3 is 0 Å². The normalized spacial score (nSPS) is 9.38. The molecule has 0 amide bonds. The maximum Gasteiger partial charge on any atom is 0.237 e. The molecule has 0 aliphatic carbocycles. The van der Waals surface area contributed by atoms with Crippen molar-refractivity contribution in [1.82, 2.24) is 0 Å². The molecule has 0 spiro atoms. The highest BCUT2D eigenvalue weighted by Crippen LogP contribution is 2.20. The molecular formula is C10H6ClFO. The third-order valence-electron chi connectivity index (χ3n) is 1.62. The van der Waals surface area contributed by atoms with Crippen LogP contribution in [-0.2, 0) is 0 Å². The van der Waals surface area contributed by atoms with Crippen molar-refractivity contribution in [3.63, 3.8) is 0 Å². The first-order valence-corrected chi connectivity index (χ1v) is 3.90. The van der Waals surface area contributed by atoms with Crippen LogP contribution in [0.3, 0.4) is 0 Å². The van der Waals surface area contributed by atoms with Gasteiger partial charge in [0.05, 0.1) is 5.02 Å². The van der Waals surface area contributed by atoms with E-state index in [-0.39, 0.29) is 10.6 Å². The van der Waals surface area contributed by atoms with Crippen molar-refractivity contribution in [1.29, 1.82) is 0 Å². The standard InChI is InChI=1S/C10H6ClFO/c1-3-10(13)7-4-6(2)9(12)5-8(7)11/h1,4-5H,2H3. The summed E-state index contributed by atoms with van der Waals surface area (Å²) in [6.45, 7) is 1.54. The number of benzene rings is 1. The second-order valence-electron chi connectivity index (χ2n) is 2.55. The van der Waals surface area contributed by atoms with Crippen molar-refractivity contribution >= 4 is 17.4 Å². The summed E-state index contributed by atoms with van der Waals surface area (Å²) in [5.74, 6) is 0.943. The lowest BCUT2D eigenvalue weighted by atomic mass is 10.1. The lowest BCUT2D eigenvalue weighted by Crippen LogP contribution is -1.98. The Morgan fingerprint density at radius 1 is 1.62 bits per heavy atom. The van der Waals surface area contributed by atoms with Crippen molar-refractivity contribution in [3.05, 3.63) is 34.1 Å². The summed E-state index contributed by atoms with van der Waals surface area (Å²) >= 11 is 5.62. The van der Waals surface area contributed by atoms with Crippen LogP contribution in [0.5, 0.6) is 0 Å². The van der Waals surface area contributed by atoms with Crippen molar-refractivity contribution in [2.45, 2.75) is 6.92 Å². The van der Waals surface area contributed by atoms with E-state index in [0.717, 1.165) is 6.07 Å². The molecule has 1 aromatic rings. The van der Waals surface area contributed by atoms with Crippen LogP contribution in [-0.4, -0.2) is 5.78 Å². The first kappa shape index (κ1) is 9.76. The zero-order chi connectivity index (χ0) is 10.0. The molecule has 0 bridgehead atoms. The molecule has 0 unspecified atom stereocenters. The number of carbonyl (C=O) groups excluding carboxylic acids is 1. The summed E-state index contributed by atoms with van der Waals surface area (Å²) in [6, 6.07) is 2.43. The van der Waals surface area contributed by atoms with Crippen LogP contribution in [0.4, 0.5) is 4.39 Å². The van der Waals surface area contributed by atoms with Gasteiger partial charge in [0.2, 0.25) is 5.78 Å². The molecule has 0 saturated heterocycles. The van der Waals surface area contributed by atoms with E-state index in [1.165, 1.54) is 6.07 Å². The predicted octanol–water partition coefficient (Wildman–Crippen LogP) is 2.60. The van der Waals surface area contributed by atoms with Gasteiger partial charge in [0.1, 0.15) is 5.82 Å². The van der Waals surface area contributed by atoms with E-state index >= 15 is 0 Å². The molecule has 0 aliphatic heterocycles. The summed E-state index contributed by atoms with van der Waals surface area (Å²) in [7, 11) is 0. The van der Waals surface area contributed by atoms with Gasteiger partial charge in [-0.25, -0.2) is 4.39 Å². The maximum atomic E-state index is 12.9. The van der Waals surface area contributed by atoms with Crippen molar-refractivity contribution in [2.75, 3.05) is 0 Å². The van der Waals surface area contributed by atoms with E-state index in [0.29, 0.717) is 5.56 Å². The van der Waals surface area contributed by atoms with Crippen LogP contribution in [0, 0.1) is 25.1 Å². The Bertz CT molecular complexity index is 404. The SMILES string of the molecule is C#CC(=O)c1cc(C)c(F)cc1Cl. The Labute approximate surface area is 80.5 Å². The molecule has 0 atom stereocenters. The van der Waals surface area contributed by atoms with Crippen LogP contribution in [0.2, 0.25) is 5.02 Å². The van der Waals surface area contributed by atoms with Crippen LogP contribution < -0.4 is 0 Å². The molecule has 0 heterocycles. The number of Topliss-reactive ketones (excluding diaryl/α,β-unsaturated/α-hetero) is 1. The van der Waals surface area contributed by atoms with Gasteiger partial charge in [-0.2, -0.15) is 0 Å². The fourth-order valence-corrected chi connectivity index (χ4v) is 1.15. The Morgan fingerprint density at radius 3 is 2.77 bits per heavy atom. The fraction of sp³-hybridized carbons (Fsp3) is 0.100. The van der Waals surface area contributed by atoms with Gasteiger partial charge in [-0.15, -0.1) is 6.42 Å². The van der Waals surface area contributed by atoms with E-state index < -0.39 is 11.6 Å². The third kappa shape index (κ3) is 1.88. The van der Waals surface area contributed by atoms with E-state index in [1.54, 1.807) is 6.92 Å². The number of rotatable bonds is 1. The minimum absolute atomic E-state index is 0.0473. The number of aryl methyl sites for hydroxylation is 1. The quantitative estimate of drug-likeness (QED) is 0.383. The van der Waals surface area contributed by atoms with Crippen LogP contribution >= 0.6 is 11.6 Å². The molecule has 0 saturated carbocycles. The Kier molecular flexibility index (Phi) is 2.69. The zero-order valence-corrected chi connectivity index (χ0v) is 7.65. The molecule has 1 nitrogen and oxygen atoms in total. The molecule has 0 radical (unpaired) electrons. The second kappa shape index (κ2) is 3.59. The molecular weight excluding hydrogens is 191 g/mol. The molecule has 0 aromatic heterocycles.